The fourth-order valence-electron chi connectivity index (χ4n) is 3.74. The lowest BCUT2D eigenvalue weighted by Gasteiger charge is -2.26. The molecular weight excluding hydrogens is 390 g/mol. The van der Waals surface area contributed by atoms with Gasteiger partial charge in [0.05, 0.1) is 18.1 Å². The number of amides is 1. The van der Waals surface area contributed by atoms with Crippen molar-refractivity contribution in [3.63, 3.8) is 0 Å². The molecule has 0 N–H and O–H groups in total. The molecule has 2 aromatic rings. The average Bonchev–Trinajstić information content (AvgIpc) is 3.17. The molecule has 0 aliphatic carbocycles. The Morgan fingerprint density at radius 1 is 1.00 bits per heavy atom. The van der Waals surface area contributed by atoms with Crippen LogP contribution in [-0.2, 0) is 21.2 Å². The van der Waals surface area contributed by atoms with Gasteiger partial charge in [-0.1, -0.05) is 0 Å². The van der Waals surface area contributed by atoms with E-state index in [-0.39, 0.29) is 10.8 Å². The minimum absolute atomic E-state index is 0.0714. The number of hydrogen-bond donors (Lipinski definition) is 0. The summed E-state index contributed by atoms with van der Waals surface area (Å²) in [6, 6.07) is 12.6. The number of carbonyl (C=O) groups excluding carboxylic acids is 1. The summed E-state index contributed by atoms with van der Waals surface area (Å²) in [5.74, 6) is -0.0714. The van der Waals surface area contributed by atoms with E-state index in [1.54, 1.807) is 23.1 Å². The maximum atomic E-state index is 13.0. The largest absolute Gasteiger partial charge is 0.379 e. The molecule has 0 atom stereocenters. The van der Waals surface area contributed by atoms with Gasteiger partial charge in [-0.05, 0) is 54.4 Å². The Bertz CT molecular complexity index is 1010. The first-order valence-corrected chi connectivity index (χ1v) is 11.1. The number of anilines is 2. The Morgan fingerprint density at radius 2 is 1.69 bits per heavy atom. The third-order valence-electron chi connectivity index (χ3n) is 5.43. The van der Waals surface area contributed by atoms with Crippen molar-refractivity contribution in [2.45, 2.75) is 11.3 Å². The van der Waals surface area contributed by atoms with E-state index in [0.717, 1.165) is 16.9 Å². The molecule has 0 bridgehead atoms. The molecule has 2 heterocycles. The van der Waals surface area contributed by atoms with Crippen molar-refractivity contribution in [1.82, 2.24) is 4.31 Å². The maximum Gasteiger partial charge on any atom is 0.258 e. The number of nitrogens with zero attached hydrogens (tertiary/aromatic N) is 3. The summed E-state index contributed by atoms with van der Waals surface area (Å²) in [6.45, 7) is 2.11. The standard InChI is InChI=1S/C21H25N3O4S/c1-22(2)18-5-3-16(4-6-18)21(25)24-10-9-17-15-19(7-8-20(17)24)29(26,27)23-11-13-28-14-12-23/h3-8,15H,9-14H2,1-2H3. The fraction of sp³-hybridized carbons (Fsp3) is 0.381. The molecule has 2 aliphatic heterocycles. The number of morpholine rings is 1. The molecule has 1 saturated heterocycles. The van der Waals surface area contributed by atoms with Crippen LogP contribution in [0.2, 0.25) is 0 Å². The van der Waals surface area contributed by atoms with E-state index < -0.39 is 10.0 Å². The summed E-state index contributed by atoms with van der Waals surface area (Å²) in [6.07, 6.45) is 0.642. The molecule has 0 radical (unpaired) electrons. The highest BCUT2D eigenvalue weighted by molar-refractivity contribution is 7.89. The topological polar surface area (TPSA) is 70.2 Å². The zero-order chi connectivity index (χ0) is 20.6. The molecule has 29 heavy (non-hydrogen) atoms. The molecule has 2 aromatic carbocycles. The van der Waals surface area contributed by atoms with Crippen molar-refractivity contribution in [3.05, 3.63) is 53.6 Å². The summed E-state index contributed by atoms with van der Waals surface area (Å²) in [5, 5.41) is 0. The Morgan fingerprint density at radius 3 is 2.34 bits per heavy atom. The highest BCUT2D eigenvalue weighted by Gasteiger charge is 2.30. The predicted molar refractivity (Wildman–Crippen MR) is 112 cm³/mol. The Kier molecular flexibility index (Phi) is 5.33. The zero-order valence-electron chi connectivity index (χ0n) is 16.7. The Hall–Kier alpha value is -2.42. The van der Waals surface area contributed by atoms with Gasteiger partial charge in [0, 0.05) is 50.7 Å². The quantitative estimate of drug-likeness (QED) is 0.764. The van der Waals surface area contributed by atoms with E-state index in [4.69, 9.17) is 4.74 Å². The van der Waals surface area contributed by atoms with Crippen molar-refractivity contribution in [2.24, 2.45) is 0 Å². The SMILES string of the molecule is CN(C)c1ccc(C(=O)N2CCc3cc(S(=O)(=O)N4CCOCC4)ccc32)cc1. The first-order valence-electron chi connectivity index (χ1n) is 9.68. The summed E-state index contributed by atoms with van der Waals surface area (Å²) < 4.78 is 32.5. The lowest BCUT2D eigenvalue weighted by Crippen LogP contribution is -2.40. The number of carbonyl (C=O) groups is 1. The van der Waals surface area contributed by atoms with Crippen LogP contribution >= 0.6 is 0 Å². The van der Waals surface area contributed by atoms with Crippen molar-refractivity contribution in [2.75, 3.05) is 56.7 Å². The smallest absolute Gasteiger partial charge is 0.258 e. The molecule has 154 valence electrons. The molecule has 8 heteroatoms. The Balaban J connectivity index is 1.57. The second-order valence-corrected chi connectivity index (χ2v) is 9.39. The van der Waals surface area contributed by atoms with Gasteiger partial charge in [0.1, 0.15) is 0 Å². The predicted octanol–water partition coefficient (Wildman–Crippen LogP) is 1.98. The van der Waals surface area contributed by atoms with Gasteiger partial charge in [0.15, 0.2) is 0 Å². The van der Waals surface area contributed by atoms with Crippen LogP contribution < -0.4 is 9.80 Å². The second kappa shape index (κ2) is 7.78. The van der Waals surface area contributed by atoms with Crippen LogP contribution in [0.15, 0.2) is 47.4 Å². The normalized spacial score (nSPS) is 17.2. The third-order valence-corrected chi connectivity index (χ3v) is 7.32. The molecule has 1 fully saturated rings. The van der Waals surface area contributed by atoms with Gasteiger partial charge in [0.25, 0.3) is 5.91 Å². The van der Waals surface area contributed by atoms with Crippen LogP contribution in [0.5, 0.6) is 0 Å². The van der Waals surface area contributed by atoms with Crippen LogP contribution in [0.25, 0.3) is 0 Å². The third kappa shape index (κ3) is 3.75. The molecule has 0 unspecified atom stereocenters. The van der Waals surface area contributed by atoms with Gasteiger partial charge in [0.2, 0.25) is 10.0 Å². The van der Waals surface area contributed by atoms with Gasteiger partial charge < -0.3 is 14.5 Å². The van der Waals surface area contributed by atoms with Crippen LogP contribution in [0.1, 0.15) is 15.9 Å². The zero-order valence-corrected chi connectivity index (χ0v) is 17.5. The van der Waals surface area contributed by atoms with Crippen LogP contribution in [0, 0.1) is 0 Å². The number of sulfonamides is 1. The Labute approximate surface area is 171 Å². The first-order chi connectivity index (χ1) is 13.9. The summed E-state index contributed by atoms with van der Waals surface area (Å²) >= 11 is 0. The van der Waals surface area contributed by atoms with Crippen molar-refractivity contribution in [1.29, 1.82) is 0 Å². The first kappa shape index (κ1) is 19.9. The van der Waals surface area contributed by atoms with Gasteiger partial charge in [-0.25, -0.2) is 8.42 Å². The molecule has 1 amide bonds. The number of hydrogen-bond acceptors (Lipinski definition) is 5. The van der Waals surface area contributed by atoms with Crippen molar-refractivity contribution in [3.8, 4) is 0 Å². The lowest BCUT2D eigenvalue weighted by atomic mass is 10.1. The van der Waals surface area contributed by atoms with Crippen molar-refractivity contribution >= 4 is 27.3 Å². The van der Waals surface area contributed by atoms with E-state index in [0.29, 0.717) is 44.8 Å². The number of ether oxygens (including phenoxy) is 1. The van der Waals surface area contributed by atoms with Gasteiger partial charge >= 0.3 is 0 Å². The second-order valence-electron chi connectivity index (χ2n) is 7.46. The number of fused-ring (bicyclic) bond motifs is 1. The highest BCUT2D eigenvalue weighted by atomic mass is 32.2. The fourth-order valence-corrected chi connectivity index (χ4v) is 5.20. The summed E-state index contributed by atoms with van der Waals surface area (Å²) in [5.41, 5.74) is 3.32. The molecular formula is C21H25N3O4S. The van der Waals surface area contributed by atoms with E-state index in [2.05, 4.69) is 0 Å². The van der Waals surface area contributed by atoms with Crippen LogP contribution in [0.4, 0.5) is 11.4 Å². The molecule has 0 saturated carbocycles. The molecule has 4 rings (SSSR count). The van der Waals surface area contributed by atoms with Gasteiger partial charge in [-0.3, -0.25) is 4.79 Å². The number of benzene rings is 2. The van der Waals surface area contributed by atoms with Crippen molar-refractivity contribution < 1.29 is 17.9 Å². The average molecular weight is 416 g/mol. The van der Waals surface area contributed by atoms with E-state index in [1.807, 2.05) is 43.3 Å². The summed E-state index contributed by atoms with van der Waals surface area (Å²) in [4.78, 5) is 17.0. The maximum absolute atomic E-state index is 13.0. The molecule has 7 nitrogen and oxygen atoms in total. The highest BCUT2D eigenvalue weighted by Crippen LogP contribution is 2.32. The van der Waals surface area contributed by atoms with Crippen LogP contribution in [-0.4, -0.2) is 65.6 Å². The minimum Gasteiger partial charge on any atom is -0.379 e. The van der Waals surface area contributed by atoms with Gasteiger partial charge in [-0.2, -0.15) is 4.31 Å². The molecule has 0 aromatic heterocycles. The van der Waals surface area contributed by atoms with E-state index in [9.17, 15) is 13.2 Å². The van der Waals surface area contributed by atoms with E-state index in [1.165, 1.54) is 4.31 Å². The summed E-state index contributed by atoms with van der Waals surface area (Å²) in [7, 11) is 0.368. The lowest BCUT2D eigenvalue weighted by molar-refractivity contribution is 0.0730. The minimum atomic E-state index is -3.54. The van der Waals surface area contributed by atoms with E-state index >= 15 is 0 Å². The number of rotatable bonds is 4. The molecule has 2 aliphatic rings. The van der Waals surface area contributed by atoms with Crippen LogP contribution in [0.3, 0.4) is 0 Å². The molecule has 0 spiro atoms. The monoisotopic (exact) mass is 415 g/mol. The van der Waals surface area contributed by atoms with Gasteiger partial charge in [-0.15, -0.1) is 0 Å².